The minimum absolute atomic E-state index is 0.113. The monoisotopic (exact) mass is 241 g/mol. The molecule has 0 spiro atoms. The summed E-state index contributed by atoms with van der Waals surface area (Å²) in [4.78, 5) is 22.5. The lowest BCUT2D eigenvalue weighted by Crippen LogP contribution is -2.40. The van der Waals surface area contributed by atoms with Crippen LogP contribution in [-0.4, -0.2) is 23.0 Å². The summed E-state index contributed by atoms with van der Waals surface area (Å²) in [5, 5.41) is 11.5. The van der Waals surface area contributed by atoms with Crippen LogP contribution in [0.25, 0.3) is 0 Å². The fourth-order valence-electron chi connectivity index (χ4n) is 2.45. The van der Waals surface area contributed by atoms with Crippen LogP contribution in [-0.2, 0) is 9.59 Å². The van der Waals surface area contributed by atoms with E-state index in [-0.39, 0.29) is 5.91 Å². The summed E-state index contributed by atoms with van der Waals surface area (Å²) in [6, 6.07) is -0.712. The summed E-state index contributed by atoms with van der Waals surface area (Å²) in [6.07, 6.45) is 7.65. The number of hydrogen-bond donors (Lipinski definition) is 2. The molecule has 1 aliphatic carbocycles. The fourth-order valence-corrected chi connectivity index (χ4v) is 2.45. The van der Waals surface area contributed by atoms with Gasteiger partial charge in [-0.25, -0.2) is 4.79 Å². The van der Waals surface area contributed by atoms with Crippen LogP contribution in [0.3, 0.4) is 0 Å². The molecule has 17 heavy (non-hydrogen) atoms. The number of carboxylic acids is 1. The Morgan fingerprint density at radius 1 is 1.35 bits per heavy atom. The van der Waals surface area contributed by atoms with Gasteiger partial charge < -0.3 is 10.4 Å². The summed E-state index contributed by atoms with van der Waals surface area (Å²) in [6.45, 7) is 1.92. The summed E-state index contributed by atoms with van der Waals surface area (Å²) < 4.78 is 0. The van der Waals surface area contributed by atoms with Crippen molar-refractivity contribution in [1.29, 1.82) is 0 Å². The van der Waals surface area contributed by atoms with Crippen molar-refractivity contribution < 1.29 is 14.7 Å². The molecule has 2 N–H and O–H groups in total. The van der Waals surface area contributed by atoms with E-state index in [0.29, 0.717) is 18.8 Å². The van der Waals surface area contributed by atoms with Gasteiger partial charge >= 0.3 is 5.97 Å². The van der Waals surface area contributed by atoms with E-state index in [2.05, 4.69) is 5.32 Å². The van der Waals surface area contributed by atoms with Crippen molar-refractivity contribution >= 4 is 11.9 Å². The molecule has 0 radical (unpaired) electrons. The highest BCUT2D eigenvalue weighted by Gasteiger charge is 2.20. The molecule has 0 heterocycles. The Hall–Kier alpha value is -1.06. The first-order valence-corrected chi connectivity index (χ1v) is 6.65. The molecule has 0 saturated heterocycles. The first-order valence-electron chi connectivity index (χ1n) is 6.65. The van der Waals surface area contributed by atoms with Crippen molar-refractivity contribution in [2.45, 2.75) is 64.3 Å². The highest BCUT2D eigenvalue weighted by molar-refractivity contribution is 5.83. The maximum absolute atomic E-state index is 11.6. The summed E-state index contributed by atoms with van der Waals surface area (Å²) >= 11 is 0. The second-order valence-corrected chi connectivity index (χ2v) is 4.94. The SMILES string of the molecule is CCC[C@H](NC(=O)CCC1CCCC1)C(=O)O. The van der Waals surface area contributed by atoms with Crippen LogP contribution in [0.1, 0.15) is 58.3 Å². The van der Waals surface area contributed by atoms with Gasteiger partial charge in [0.2, 0.25) is 5.91 Å². The molecule has 1 saturated carbocycles. The summed E-state index contributed by atoms with van der Waals surface area (Å²) in [5.74, 6) is -0.367. The topological polar surface area (TPSA) is 66.4 Å². The Labute approximate surface area is 103 Å². The van der Waals surface area contributed by atoms with Gasteiger partial charge in [0.25, 0.3) is 0 Å². The van der Waals surface area contributed by atoms with Gasteiger partial charge in [0.15, 0.2) is 0 Å². The predicted octanol–water partition coefficient (Wildman–Crippen LogP) is 2.33. The number of aliphatic carboxylic acids is 1. The molecule has 1 aliphatic rings. The summed E-state index contributed by atoms with van der Waals surface area (Å²) in [5.41, 5.74) is 0. The third-order valence-corrected chi connectivity index (χ3v) is 3.47. The van der Waals surface area contributed by atoms with Gasteiger partial charge in [-0.2, -0.15) is 0 Å². The standard InChI is InChI=1S/C13H23NO3/c1-2-5-11(13(16)17)14-12(15)9-8-10-6-3-4-7-10/h10-11H,2-9H2,1H3,(H,14,15)(H,16,17)/t11-/m0/s1. The first kappa shape index (κ1) is 14.0. The Morgan fingerprint density at radius 2 is 2.00 bits per heavy atom. The molecule has 0 bridgehead atoms. The van der Waals surface area contributed by atoms with Gasteiger partial charge in [-0.15, -0.1) is 0 Å². The molecule has 0 aromatic heterocycles. The number of rotatable bonds is 7. The second kappa shape index (κ2) is 7.30. The van der Waals surface area contributed by atoms with Crippen molar-refractivity contribution in [2.24, 2.45) is 5.92 Å². The van der Waals surface area contributed by atoms with E-state index in [1.807, 2.05) is 6.92 Å². The van der Waals surface area contributed by atoms with E-state index in [1.54, 1.807) is 0 Å². The molecule has 1 amide bonds. The van der Waals surface area contributed by atoms with Gasteiger partial charge in [0, 0.05) is 6.42 Å². The van der Waals surface area contributed by atoms with Crippen molar-refractivity contribution in [1.82, 2.24) is 5.32 Å². The molecule has 0 aromatic rings. The Balaban J connectivity index is 2.23. The van der Waals surface area contributed by atoms with Gasteiger partial charge in [-0.05, 0) is 18.8 Å². The Kier molecular flexibility index (Phi) is 6.01. The van der Waals surface area contributed by atoms with Crippen LogP contribution in [0.4, 0.5) is 0 Å². The zero-order valence-corrected chi connectivity index (χ0v) is 10.6. The van der Waals surface area contributed by atoms with Gasteiger partial charge in [0.05, 0.1) is 0 Å². The van der Waals surface area contributed by atoms with E-state index in [9.17, 15) is 9.59 Å². The van der Waals surface area contributed by atoms with Crippen LogP contribution < -0.4 is 5.32 Å². The number of amides is 1. The van der Waals surface area contributed by atoms with Crippen LogP contribution in [0.2, 0.25) is 0 Å². The van der Waals surface area contributed by atoms with Crippen LogP contribution in [0.15, 0.2) is 0 Å². The third kappa shape index (κ3) is 5.20. The maximum Gasteiger partial charge on any atom is 0.326 e. The number of carbonyl (C=O) groups excluding carboxylic acids is 1. The lowest BCUT2D eigenvalue weighted by molar-refractivity contribution is -0.142. The quantitative estimate of drug-likeness (QED) is 0.719. The predicted molar refractivity (Wildman–Crippen MR) is 65.7 cm³/mol. The van der Waals surface area contributed by atoms with E-state index < -0.39 is 12.0 Å². The maximum atomic E-state index is 11.6. The fraction of sp³-hybridized carbons (Fsp3) is 0.846. The van der Waals surface area contributed by atoms with Gasteiger partial charge in [-0.1, -0.05) is 39.0 Å². The second-order valence-electron chi connectivity index (χ2n) is 4.94. The van der Waals surface area contributed by atoms with Crippen molar-refractivity contribution in [3.8, 4) is 0 Å². The summed E-state index contributed by atoms with van der Waals surface area (Å²) in [7, 11) is 0. The number of carbonyl (C=O) groups is 2. The van der Waals surface area contributed by atoms with Crippen molar-refractivity contribution in [3.63, 3.8) is 0 Å². The lowest BCUT2D eigenvalue weighted by atomic mass is 10.0. The van der Waals surface area contributed by atoms with E-state index in [4.69, 9.17) is 5.11 Å². The molecule has 0 aliphatic heterocycles. The molecule has 1 atom stereocenters. The van der Waals surface area contributed by atoms with E-state index in [0.717, 1.165) is 12.8 Å². The molecule has 4 nitrogen and oxygen atoms in total. The van der Waals surface area contributed by atoms with E-state index in [1.165, 1.54) is 25.7 Å². The zero-order chi connectivity index (χ0) is 12.7. The number of hydrogen-bond acceptors (Lipinski definition) is 2. The molecular weight excluding hydrogens is 218 g/mol. The highest BCUT2D eigenvalue weighted by atomic mass is 16.4. The Morgan fingerprint density at radius 3 is 2.53 bits per heavy atom. The molecule has 0 aromatic carbocycles. The normalized spacial score (nSPS) is 17.9. The van der Waals surface area contributed by atoms with Crippen molar-refractivity contribution in [2.75, 3.05) is 0 Å². The molecular formula is C13H23NO3. The minimum Gasteiger partial charge on any atom is -0.480 e. The smallest absolute Gasteiger partial charge is 0.326 e. The lowest BCUT2D eigenvalue weighted by Gasteiger charge is -2.14. The average molecular weight is 241 g/mol. The molecule has 1 fully saturated rings. The molecule has 4 heteroatoms. The number of carboxylic acid groups (broad SMARTS) is 1. The van der Waals surface area contributed by atoms with Crippen LogP contribution in [0, 0.1) is 5.92 Å². The van der Waals surface area contributed by atoms with Gasteiger partial charge in [0.1, 0.15) is 6.04 Å². The average Bonchev–Trinajstić information content (AvgIpc) is 2.78. The molecule has 0 unspecified atom stereocenters. The first-order chi connectivity index (χ1) is 8.13. The molecule has 98 valence electrons. The largest absolute Gasteiger partial charge is 0.480 e. The Bertz CT molecular complexity index is 259. The minimum atomic E-state index is -0.930. The van der Waals surface area contributed by atoms with Crippen LogP contribution >= 0.6 is 0 Å². The third-order valence-electron chi connectivity index (χ3n) is 3.47. The number of nitrogens with one attached hydrogen (secondary N) is 1. The molecule has 1 rings (SSSR count). The highest BCUT2D eigenvalue weighted by Crippen LogP contribution is 2.28. The van der Waals surface area contributed by atoms with E-state index >= 15 is 0 Å². The van der Waals surface area contributed by atoms with Gasteiger partial charge in [-0.3, -0.25) is 4.79 Å². The van der Waals surface area contributed by atoms with Crippen LogP contribution in [0.5, 0.6) is 0 Å². The zero-order valence-electron chi connectivity index (χ0n) is 10.6. The van der Waals surface area contributed by atoms with Crippen molar-refractivity contribution in [3.05, 3.63) is 0 Å².